The smallest absolute Gasteiger partial charge is 0.237 e. The molecule has 0 spiro atoms. The second kappa shape index (κ2) is 5.41. The molecule has 3 fully saturated rings. The summed E-state index contributed by atoms with van der Waals surface area (Å²) in [4.78, 5) is 17.1. The summed E-state index contributed by atoms with van der Waals surface area (Å²) in [5, 5.41) is 3.45. The van der Waals surface area contributed by atoms with Gasteiger partial charge in [0, 0.05) is 25.2 Å². The highest BCUT2D eigenvalue weighted by Gasteiger charge is 2.38. The molecule has 3 aliphatic heterocycles. The summed E-state index contributed by atoms with van der Waals surface area (Å²) in [7, 11) is 0. The lowest BCUT2D eigenvalue weighted by Crippen LogP contribution is -2.51. The number of likely N-dealkylation sites (tertiary alicyclic amines) is 2. The third-order valence-corrected chi connectivity index (χ3v) is 5.31. The predicted molar refractivity (Wildman–Crippen MR) is 75.9 cm³/mol. The quantitative estimate of drug-likeness (QED) is 0.807. The lowest BCUT2D eigenvalue weighted by Gasteiger charge is -2.40. The predicted octanol–water partition coefficient (Wildman–Crippen LogP) is 0.927. The molecule has 0 aliphatic carbocycles. The van der Waals surface area contributed by atoms with Crippen LogP contribution in [-0.2, 0) is 4.79 Å². The molecule has 4 atom stereocenters. The van der Waals surface area contributed by atoms with Crippen molar-refractivity contribution in [3.8, 4) is 0 Å². The first kappa shape index (κ1) is 13.4. The zero-order valence-electron chi connectivity index (χ0n) is 12.3. The van der Waals surface area contributed by atoms with Gasteiger partial charge in [-0.1, -0.05) is 0 Å². The standard InChI is InChI=1S/C15H27N3O/c1-11-4-3-5-12(2)18(11)15(19)10-17-8-13-6-16-7-14(13)9-17/h11-14,16H,3-10H2,1-2H3/t11?,12?,13-,14+. The van der Waals surface area contributed by atoms with E-state index in [-0.39, 0.29) is 0 Å². The van der Waals surface area contributed by atoms with Crippen LogP contribution in [0.4, 0.5) is 0 Å². The van der Waals surface area contributed by atoms with Gasteiger partial charge in [0.2, 0.25) is 5.91 Å². The second-order valence-electron chi connectivity index (χ2n) is 6.80. The van der Waals surface area contributed by atoms with Gasteiger partial charge in [-0.05, 0) is 58.0 Å². The van der Waals surface area contributed by atoms with Gasteiger partial charge >= 0.3 is 0 Å². The zero-order valence-corrected chi connectivity index (χ0v) is 12.3. The molecule has 3 heterocycles. The number of nitrogens with zero attached hydrogens (tertiary/aromatic N) is 2. The van der Waals surface area contributed by atoms with Gasteiger partial charge in [-0.15, -0.1) is 0 Å². The number of carbonyl (C=O) groups excluding carboxylic acids is 1. The minimum absolute atomic E-state index is 0.354. The van der Waals surface area contributed by atoms with Crippen LogP contribution >= 0.6 is 0 Å². The van der Waals surface area contributed by atoms with Gasteiger partial charge in [-0.3, -0.25) is 9.69 Å². The molecule has 0 aromatic carbocycles. The van der Waals surface area contributed by atoms with Gasteiger partial charge in [0.15, 0.2) is 0 Å². The molecule has 1 amide bonds. The molecule has 0 bridgehead atoms. The molecule has 4 heteroatoms. The maximum absolute atomic E-state index is 12.6. The van der Waals surface area contributed by atoms with Crippen molar-refractivity contribution in [1.82, 2.24) is 15.1 Å². The molecule has 3 saturated heterocycles. The Morgan fingerprint density at radius 3 is 2.26 bits per heavy atom. The lowest BCUT2D eigenvalue weighted by molar-refractivity contribution is -0.138. The van der Waals surface area contributed by atoms with Gasteiger partial charge < -0.3 is 10.2 Å². The van der Waals surface area contributed by atoms with Crippen molar-refractivity contribution >= 4 is 5.91 Å². The first-order valence-electron chi connectivity index (χ1n) is 7.89. The summed E-state index contributed by atoms with van der Waals surface area (Å²) in [5.74, 6) is 1.92. The molecule has 3 rings (SSSR count). The molecule has 1 N–H and O–H groups in total. The van der Waals surface area contributed by atoms with E-state index in [9.17, 15) is 4.79 Å². The lowest BCUT2D eigenvalue weighted by atomic mass is 9.97. The zero-order chi connectivity index (χ0) is 13.4. The Balaban J connectivity index is 1.56. The SMILES string of the molecule is CC1CCCC(C)N1C(=O)CN1C[C@H]2CNC[C@H]2C1. The van der Waals surface area contributed by atoms with Crippen molar-refractivity contribution in [3.05, 3.63) is 0 Å². The van der Waals surface area contributed by atoms with Crippen molar-refractivity contribution < 1.29 is 4.79 Å². The molecule has 0 radical (unpaired) electrons. The maximum atomic E-state index is 12.6. The number of fused-ring (bicyclic) bond motifs is 1. The van der Waals surface area contributed by atoms with Crippen LogP contribution in [0.2, 0.25) is 0 Å². The molecule has 108 valence electrons. The Bertz CT molecular complexity index is 324. The fourth-order valence-corrected chi connectivity index (χ4v) is 4.27. The van der Waals surface area contributed by atoms with E-state index in [0.717, 1.165) is 38.0 Å². The Morgan fingerprint density at radius 2 is 1.68 bits per heavy atom. The van der Waals surface area contributed by atoms with E-state index in [2.05, 4.69) is 29.0 Å². The highest BCUT2D eigenvalue weighted by Crippen LogP contribution is 2.27. The van der Waals surface area contributed by atoms with Crippen molar-refractivity contribution in [2.45, 2.75) is 45.2 Å². The number of nitrogens with one attached hydrogen (secondary N) is 1. The summed E-state index contributed by atoms with van der Waals surface area (Å²) in [5.41, 5.74) is 0. The van der Waals surface area contributed by atoms with E-state index in [1.165, 1.54) is 19.3 Å². The number of piperidine rings is 1. The largest absolute Gasteiger partial charge is 0.336 e. The molecule has 3 aliphatic rings. The fourth-order valence-electron chi connectivity index (χ4n) is 4.27. The molecule has 0 aromatic heterocycles. The van der Waals surface area contributed by atoms with E-state index >= 15 is 0 Å². The van der Waals surface area contributed by atoms with Crippen molar-refractivity contribution in [2.75, 3.05) is 32.7 Å². The fraction of sp³-hybridized carbons (Fsp3) is 0.933. The Hall–Kier alpha value is -0.610. The van der Waals surface area contributed by atoms with Crippen LogP contribution in [0.25, 0.3) is 0 Å². The van der Waals surface area contributed by atoms with E-state index < -0.39 is 0 Å². The number of hydrogen-bond acceptors (Lipinski definition) is 3. The molecule has 19 heavy (non-hydrogen) atoms. The van der Waals surface area contributed by atoms with E-state index in [1.54, 1.807) is 0 Å². The topological polar surface area (TPSA) is 35.6 Å². The maximum Gasteiger partial charge on any atom is 0.237 e. The minimum Gasteiger partial charge on any atom is -0.336 e. The van der Waals surface area contributed by atoms with Crippen LogP contribution < -0.4 is 5.32 Å². The van der Waals surface area contributed by atoms with Gasteiger partial charge in [-0.2, -0.15) is 0 Å². The Labute approximate surface area is 116 Å². The third kappa shape index (κ3) is 2.65. The highest BCUT2D eigenvalue weighted by molar-refractivity contribution is 5.79. The van der Waals surface area contributed by atoms with Crippen LogP contribution in [0.15, 0.2) is 0 Å². The molecule has 0 saturated carbocycles. The van der Waals surface area contributed by atoms with Crippen LogP contribution in [0.5, 0.6) is 0 Å². The van der Waals surface area contributed by atoms with Crippen LogP contribution in [0.3, 0.4) is 0 Å². The normalized spacial score (nSPS) is 39.6. The van der Waals surface area contributed by atoms with Crippen molar-refractivity contribution in [1.29, 1.82) is 0 Å². The van der Waals surface area contributed by atoms with Crippen LogP contribution in [-0.4, -0.2) is 60.5 Å². The average Bonchev–Trinajstić information content (AvgIpc) is 2.89. The van der Waals surface area contributed by atoms with E-state index in [1.807, 2.05) is 0 Å². The molecular formula is C15H27N3O. The van der Waals surface area contributed by atoms with Crippen LogP contribution in [0.1, 0.15) is 33.1 Å². The second-order valence-corrected chi connectivity index (χ2v) is 6.80. The monoisotopic (exact) mass is 265 g/mol. The van der Waals surface area contributed by atoms with Crippen LogP contribution in [0, 0.1) is 11.8 Å². The summed E-state index contributed by atoms with van der Waals surface area (Å²) in [6, 6.07) is 0.861. The average molecular weight is 265 g/mol. The van der Waals surface area contributed by atoms with Crippen molar-refractivity contribution in [2.24, 2.45) is 11.8 Å². The van der Waals surface area contributed by atoms with E-state index in [0.29, 0.717) is 24.5 Å². The first-order valence-corrected chi connectivity index (χ1v) is 7.89. The first-order chi connectivity index (χ1) is 9.15. The third-order valence-electron chi connectivity index (χ3n) is 5.31. The number of rotatable bonds is 2. The molecular weight excluding hydrogens is 238 g/mol. The summed E-state index contributed by atoms with van der Waals surface area (Å²) in [6.45, 7) is 9.56. The Kier molecular flexibility index (Phi) is 3.81. The number of amides is 1. The Morgan fingerprint density at radius 1 is 1.11 bits per heavy atom. The van der Waals surface area contributed by atoms with Gasteiger partial charge in [-0.25, -0.2) is 0 Å². The summed E-state index contributed by atoms with van der Waals surface area (Å²) < 4.78 is 0. The van der Waals surface area contributed by atoms with Gasteiger partial charge in [0.25, 0.3) is 0 Å². The minimum atomic E-state index is 0.354. The van der Waals surface area contributed by atoms with Crippen molar-refractivity contribution in [3.63, 3.8) is 0 Å². The molecule has 0 aromatic rings. The summed E-state index contributed by atoms with van der Waals surface area (Å²) >= 11 is 0. The summed E-state index contributed by atoms with van der Waals surface area (Å²) in [6.07, 6.45) is 3.61. The van der Waals surface area contributed by atoms with Gasteiger partial charge in [0.1, 0.15) is 0 Å². The van der Waals surface area contributed by atoms with Gasteiger partial charge in [0.05, 0.1) is 6.54 Å². The highest BCUT2D eigenvalue weighted by atomic mass is 16.2. The molecule has 2 unspecified atom stereocenters. The molecule has 4 nitrogen and oxygen atoms in total. The number of carbonyl (C=O) groups is 1. The van der Waals surface area contributed by atoms with E-state index in [4.69, 9.17) is 0 Å². The number of hydrogen-bond donors (Lipinski definition) is 1.